The van der Waals surface area contributed by atoms with Gasteiger partial charge < -0.3 is 10.2 Å². The monoisotopic (exact) mass is 398 g/mol. The Bertz CT molecular complexity index is 1080. The highest BCUT2D eigenvalue weighted by molar-refractivity contribution is 6.21. The van der Waals surface area contributed by atoms with Gasteiger partial charge >= 0.3 is 6.03 Å². The average Bonchev–Trinajstić information content (AvgIpc) is 2.76. The third-order valence-electron chi connectivity index (χ3n) is 4.99. The molecule has 4 rings (SSSR count). The quantitative estimate of drug-likeness (QED) is 0.822. The molecule has 1 aliphatic heterocycles. The van der Waals surface area contributed by atoms with Crippen LogP contribution in [-0.2, 0) is 11.3 Å². The molecular formula is C24H22N4O2. The molecule has 0 aromatic heterocycles. The first-order valence-corrected chi connectivity index (χ1v) is 9.80. The second-order valence-corrected chi connectivity index (χ2v) is 7.21. The van der Waals surface area contributed by atoms with E-state index in [9.17, 15) is 9.59 Å². The van der Waals surface area contributed by atoms with Gasteiger partial charge in [-0.15, -0.1) is 0 Å². The molecule has 30 heavy (non-hydrogen) atoms. The number of hydrogen-bond acceptors (Lipinski definition) is 3. The predicted molar refractivity (Wildman–Crippen MR) is 119 cm³/mol. The number of rotatable bonds is 5. The molecule has 0 saturated carbocycles. The molecule has 1 aliphatic carbocycles. The van der Waals surface area contributed by atoms with E-state index >= 15 is 0 Å². The maximum Gasteiger partial charge on any atom is 0.322 e. The lowest BCUT2D eigenvalue weighted by molar-refractivity contribution is -0.118. The van der Waals surface area contributed by atoms with Crippen LogP contribution in [0.2, 0.25) is 0 Å². The van der Waals surface area contributed by atoms with Gasteiger partial charge in [0.2, 0.25) is 0 Å². The fraction of sp³-hybridized carbons (Fsp3) is 0.167. The van der Waals surface area contributed by atoms with Crippen molar-refractivity contribution in [1.29, 1.82) is 0 Å². The summed E-state index contributed by atoms with van der Waals surface area (Å²) >= 11 is 0. The van der Waals surface area contributed by atoms with Gasteiger partial charge in [-0.2, -0.15) is 4.99 Å². The number of nitrogens with one attached hydrogen (secondary N) is 1. The number of hydrogen-bond donors (Lipinski definition) is 1. The Labute approximate surface area is 175 Å². The van der Waals surface area contributed by atoms with E-state index < -0.39 is 5.92 Å². The van der Waals surface area contributed by atoms with Gasteiger partial charge in [-0.05, 0) is 30.2 Å². The second-order valence-electron chi connectivity index (χ2n) is 7.21. The van der Waals surface area contributed by atoms with Crippen LogP contribution >= 0.6 is 0 Å². The molecule has 6 heteroatoms. The van der Waals surface area contributed by atoms with Crippen LogP contribution in [0.1, 0.15) is 11.1 Å². The highest BCUT2D eigenvalue weighted by Gasteiger charge is 2.27. The van der Waals surface area contributed by atoms with Gasteiger partial charge in [0.15, 0.2) is 5.84 Å². The molecule has 6 nitrogen and oxygen atoms in total. The van der Waals surface area contributed by atoms with E-state index in [1.54, 1.807) is 11.0 Å². The van der Waals surface area contributed by atoms with Crippen LogP contribution in [0.15, 0.2) is 88.9 Å². The van der Waals surface area contributed by atoms with Gasteiger partial charge in [0.25, 0.3) is 5.91 Å². The standard InChI is InChI=1S/C24H22N4O2/c1-17-9-5-7-13-20(17)26-24(30)28(15-18-10-3-2-4-11-18)16-22-25-21-14-8-6-12-19(21)23(29)27-22/h2-14,19H,15-16H2,1H3,(H,26,30). The van der Waals surface area contributed by atoms with E-state index in [1.165, 1.54) is 0 Å². The number of benzene rings is 2. The minimum Gasteiger partial charge on any atom is -0.313 e. The number of para-hydroxylation sites is 1. The maximum atomic E-state index is 13.1. The molecule has 2 aliphatic rings. The largest absolute Gasteiger partial charge is 0.322 e. The summed E-state index contributed by atoms with van der Waals surface area (Å²) < 4.78 is 0. The Kier molecular flexibility index (Phi) is 5.66. The topological polar surface area (TPSA) is 74.1 Å². The van der Waals surface area contributed by atoms with Gasteiger partial charge in [-0.3, -0.25) is 4.79 Å². The number of amidine groups is 1. The van der Waals surface area contributed by atoms with Crippen LogP contribution in [0.3, 0.4) is 0 Å². The van der Waals surface area contributed by atoms with E-state index in [0.717, 1.165) is 16.8 Å². The van der Waals surface area contributed by atoms with Crippen molar-refractivity contribution in [3.8, 4) is 0 Å². The Morgan fingerprint density at radius 3 is 2.57 bits per heavy atom. The van der Waals surface area contributed by atoms with Crippen molar-refractivity contribution >= 4 is 29.2 Å². The molecule has 1 heterocycles. The number of urea groups is 1. The summed E-state index contributed by atoms with van der Waals surface area (Å²) in [6, 6.07) is 17.0. The minimum absolute atomic E-state index is 0.131. The maximum absolute atomic E-state index is 13.1. The van der Waals surface area contributed by atoms with E-state index in [1.807, 2.05) is 79.7 Å². The normalized spacial score (nSPS) is 17.1. The first-order chi connectivity index (χ1) is 14.6. The molecule has 2 aromatic rings. The Hall–Kier alpha value is -3.80. The fourth-order valence-corrected chi connectivity index (χ4v) is 3.37. The molecule has 0 saturated heterocycles. The van der Waals surface area contributed by atoms with Crippen molar-refractivity contribution in [2.24, 2.45) is 15.9 Å². The number of anilines is 1. The van der Waals surface area contributed by atoms with Crippen LogP contribution in [0.25, 0.3) is 0 Å². The number of allylic oxidation sites excluding steroid dienone is 3. The highest BCUT2D eigenvalue weighted by Crippen LogP contribution is 2.18. The number of amides is 3. The zero-order valence-corrected chi connectivity index (χ0v) is 16.7. The molecule has 0 fully saturated rings. The van der Waals surface area contributed by atoms with Crippen molar-refractivity contribution in [2.75, 3.05) is 11.9 Å². The molecule has 150 valence electrons. The smallest absolute Gasteiger partial charge is 0.313 e. The average molecular weight is 398 g/mol. The van der Waals surface area contributed by atoms with Crippen LogP contribution in [0.5, 0.6) is 0 Å². The first-order valence-electron chi connectivity index (χ1n) is 9.80. The SMILES string of the molecule is Cc1ccccc1NC(=O)N(CC1=NC(=O)C2C=CC=CC2=N1)Cc1ccccc1. The zero-order chi connectivity index (χ0) is 20.9. The van der Waals surface area contributed by atoms with E-state index in [2.05, 4.69) is 15.3 Å². The number of carbonyl (C=O) groups is 2. The summed E-state index contributed by atoms with van der Waals surface area (Å²) in [5.41, 5.74) is 3.35. The van der Waals surface area contributed by atoms with Gasteiger partial charge in [0.05, 0.1) is 12.3 Å². The molecule has 3 amide bonds. The number of fused-ring (bicyclic) bond motifs is 1. The fourth-order valence-electron chi connectivity index (χ4n) is 3.37. The summed E-state index contributed by atoms with van der Waals surface area (Å²) in [4.78, 5) is 35.8. The Morgan fingerprint density at radius 1 is 1.00 bits per heavy atom. The molecule has 1 N–H and O–H groups in total. The summed E-state index contributed by atoms with van der Waals surface area (Å²) in [5, 5.41) is 2.96. The van der Waals surface area contributed by atoms with E-state index in [-0.39, 0.29) is 18.5 Å². The van der Waals surface area contributed by atoms with Crippen molar-refractivity contribution in [1.82, 2.24) is 4.90 Å². The molecule has 2 aromatic carbocycles. The summed E-state index contributed by atoms with van der Waals surface area (Å²) in [6.07, 6.45) is 7.26. The molecule has 1 unspecified atom stereocenters. The lowest BCUT2D eigenvalue weighted by Gasteiger charge is -2.25. The molecule has 0 bridgehead atoms. The van der Waals surface area contributed by atoms with Gasteiger partial charge in [0.1, 0.15) is 5.92 Å². The lowest BCUT2D eigenvalue weighted by atomic mass is 9.96. The van der Waals surface area contributed by atoms with Gasteiger partial charge in [-0.25, -0.2) is 9.79 Å². The molecular weight excluding hydrogens is 376 g/mol. The third-order valence-corrected chi connectivity index (χ3v) is 4.99. The minimum atomic E-state index is -0.429. The summed E-state index contributed by atoms with van der Waals surface area (Å²) in [7, 11) is 0. The number of nitrogens with zero attached hydrogens (tertiary/aromatic N) is 3. The molecule has 1 atom stereocenters. The van der Waals surface area contributed by atoms with Crippen LogP contribution < -0.4 is 5.32 Å². The van der Waals surface area contributed by atoms with Crippen LogP contribution in [0.4, 0.5) is 10.5 Å². The van der Waals surface area contributed by atoms with Gasteiger partial charge in [0, 0.05) is 12.2 Å². The van der Waals surface area contributed by atoms with Crippen LogP contribution in [0, 0.1) is 12.8 Å². The molecule has 0 spiro atoms. The Balaban J connectivity index is 1.57. The number of aryl methyl sites for hydroxylation is 1. The third kappa shape index (κ3) is 4.43. The van der Waals surface area contributed by atoms with Crippen molar-refractivity contribution in [3.05, 3.63) is 90.0 Å². The van der Waals surface area contributed by atoms with Crippen molar-refractivity contribution in [3.63, 3.8) is 0 Å². The summed E-state index contributed by atoms with van der Waals surface area (Å²) in [5.74, 6) is -0.348. The molecule has 0 radical (unpaired) electrons. The number of carbonyl (C=O) groups excluding carboxylic acids is 2. The predicted octanol–water partition coefficient (Wildman–Crippen LogP) is 4.15. The van der Waals surface area contributed by atoms with Crippen molar-refractivity contribution in [2.45, 2.75) is 13.5 Å². The lowest BCUT2D eigenvalue weighted by Crippen LogP contribution is -2.40. The first kappa shape index (κ1) is 19.5. The van der Waals surface area contributed by atoms with Crippen LogP contribution in [-0.4, -0.2) is 34.9 Å². The van der Waals surface area contributed by atoms with E-state index in [0.29, 0.717) is 18.1 Å². The summed E-state index contributed by atoms with van der Waals surface area (Å²) in [6.45, 7) is 2.44. The van der Waals surface area contributed by atoms with E-state index in [4.69, 9.17) is 0 Å². The van der Waals surface area contributed by atoms with Gasteiger partial charge in [-0.1, -0.05) is 66.8 Å². The number of aliphatic imine (C=N–C) groups is 2. The van der Waals surface area contributed by atoms with Crippen molar-refractivity contribution < 1.29 is 9.59 Å². The Morgan fingerprint density at radius 2 is 1.77 bits per heavy atom. The second kappa shape index (κ2) is 8.69. The highest BCUT2D eigenvalue weighted by atomic mass is 16.2. The zero-order valence-electron chi connectivity index (χ0n) is 16.7.